The molecule has 0 aromatic rings. The van der Waals surface area contributed by atoms with Crippen LogP contribution in [-0.4, -0.2) is 50.0 Å². The third kappa shape index (κ3) is 2.34. The number of methoxy groups -OCH3 is 1. The standard InChI is InChI=1S/C17H27NO2/c1-19-15-4-5-17-16(10-15)18(6-7-20-17)11-14-9-12-2-3-13(14)8-12/h2-3,12-17H,4-11H2,1H3/t12-,13-,14+,15+,16-,17-/m0/s1. The molecule has 3 nitrogen and oxygen atoms in total. The van der Waals surface area contributed by atoms with E-state index in [1.165, 1.54) is 32.2 Å². The van der Waals surface area contributed by atoms with Crippen molar-refractivity contribution >= 4 is 0 Å². The van der Waals surface area contributed by atoms with E-state index in [-0.39, 0.29) is 0 Å². The van der Waals surface area contributed by atoms with Gasteiger partial charge in [-0.15, -0.1) is 0 Å². The predicted octanol–water partition coefficient (Wildman–Crippen LogP) is 2.47. The van der Waals surface area contributed by atoms with Crippen LogP contribution in [0.25, 0.3) is 0 Å². The van der Waals surface area contributed by atoms with Gasteiger partial charge in [-0.1, -0.05) is 12.2 Å². The van der Waals surface area contributed by atoms with Gasteiger partial charge in [0, 0.05) is 26.2 Å². The lowest BCUT2D eigenvalue weighted by Crippen LogP contribution is -2.56. The van der Waals surface area contributed by atoms with Crippen LogP contribution in [0, 0.1) is 17.8 Å². The van der Waals surface area contributed by atoms with Gasteiger partial charge in [-0.05, 0) is 49.9 Å². The average Bonchev–Trinajstić information content (AvgIpc) is 3.10. The Labute approximate surface area is 122 Å². The second-order valence-electron chi connectivity index (χ2n) is 7.18. The molecule has 112 valence electrons. The van der Waals surface area contributed by atoms with Crippen LogP contribution < -0.4 is 0 Å². The van der Waals surface area contributed by atoms with Gasteiger partial charge in [-0.3, -0.25) is 4.90 Å². The van der Waals surface area contributed by atoms with Crippen molar-refractivity contribution < 1.29 is 9.47 Å². The summed E-state index contributed by atoms with van der Waals surface area (Å²) in [4.78, 5) is 2.73. The van der Waals surface area contributed by atoms with Crippen LogP contribution in [0.1, 0.15) is 32.1 Å². The largest absolute Gasteiger partial charge is 0.381 e. The van der Waals surface area contributed by atoms with Crippen LogP contribution in [0.2, 0.25) is 0 Å². The van der Waals surface area contributed by atoms with Crippen molar-refractivity contribution in [3.05, 3.63) is 12.2 Å². The van der Waals surface area contributed by atoms with E-state index < -0.39 is 0 Å². The summed E-state index contributed by atoms with van der Waals surface area (Å²) in [6, 6.07) is 0.602. The van der Waals surface area contributed by atoms with Gasteiger partial charge in [-0.2, -0.15) is 0 Å². The van der Waals surface area contributed by atoms with E-state index in [2.05, 4.69) is 17.1 Å². The van der Waals surface area contributed by atoms with Gasteiger partial charge < -0.3 is 9.47 Å². The van der Waals surface area contributed by atoms with Crippen molar-refractivity contribution in [2.75, 3.05) is 26.8 Å². The highest BCUT2D eigenvalue weighted by molar-refractivity contribution is 5.10. The molecule has 0 aromatic heterocycles. The Morgan fingerprint density at radius 2 is 2.15 bits per heavy atom. The van der Waals surface area contributed by atoms with Gasteiger partial charge in [0.1, 0.15) is 0 Å². The van der Waals surface area contributed by atoms with Crippen molar-refractivity contribution in [1.29, 1.82) is 0 Å². The van der Waals surface area contributed by atoms with Crippen molar-refractivity contribution in [3.8, 4) is 0 Å². The molecular weight excluding hydrogens is 250 g/mol. The third-order valence-corrected chi connectivity index (χ3v) is 6.10. The summed E-state index contributed by atoms with van der Waals surface area (Å²) in [6.07, 6.45) is 12.2. The normalized spacial score (nSPS) is 47.6. The summed E-state index contributed by atoms with van der Waals surface area (Å²) >= 11 is 0. The number of morpholine rings is 1. The first-order valence-electron chi connectivity index (χ1n) is 8.40. The monoisotopic (exact) mass is 277 g/mol. The van der Waals surface area contributed by atoms with Gasteiger partial charge in [0.25, 0.3) is 0 Å². The fourth-order valence-electron chi connectivity index (χ4n) is 4.99. The molecule has 4 rings (SSSR count). The molecule has 0 spiro atoms. The highest BCUT2D eigenvalue weighted by Gasteiger charge is 2.41. The van der Waals surface area contributed by atoms with Crippen LogP contribution in [-0.2, 0) is 9.47 Å². The molecule has 1 heterocycles. The Balaban J connectivity index is 1.42. The maximum absolute atomic E-state index is 6.02. The number of allylic oxidation sites excluding steroid dienone is 2. The maximum Gasteiger partial charge on any atom is 0.0732 e. The van der Waals surface area contributed by atoms with Crippen molar-refractivity contribution in [2.24, 2.45) is 17.8 Å². The lowest BCUT2D eigenvalue weighted by molar-refractivity contribution is -0.117. The summed E-state index contributed by atoms with van der Waals surface area (Å²) < 4.78 is 11.6. The van der Waals surface area contributed by atoms with Crippen molar-refractivity contribution in [1.82, 2.24) is 4.90 Å². The van der Waals surface area contributed by atoms with Crippen LogP contribution in [0.5, 0.6) is 0 Å². The molecule has 0 unspecified atom stereocenters. The van der Waals surface area contributed by atoms with Crippen LogP contribution >= 0.6 is 0 Å². The zero-order valence-corrected chi connectivity index (χ0v) is 12.5. The Kier molecular flexibility index (Phi) is 3.61. The van der Waals surface area contributed by atoms with E-state index in [9.17, 15) is 0 Å². The summed E-state index contributed by atoms with van der Waals surface area (Å²) in [6.45, 7) is 3.33. The highest BCUT2D eigenvalue weighted by Crippen LogP contribution is 2.44. The topological polar surface area (TPSA) is 21.7 Å². The molecule has 20 heavy (non-hydrogen) atoms. The molecule has 1 saturated heterocycles. The smallest absolute Gasteiger partial charge is 0.0732 e. The highest BCUT2D eigenvalue weighted by atomic mass is 16.5. The average molecular weight is 277 g/mol. The van der Waals surface area contributed by atoms with Gasteiger partial charge in [0.2, 0.25) is 0 Å². The molecule has 4 aliphatic rings. The Hall–Kier alpha value is -0.380. The Morgan fingerprint density at radius 1 is 1.20 bits per heavy atom. The van der Waals surface area contributed by atoms with E-state index in [1.807, 2.05) is 7.11 Å². The maximum atomic E-state index is 6.02. The fraction of sp³-hybridized carbons (Fsp3) is 0.882. The second kappa shape index (κ2) is 5.43. The van der Waals surface area contributed by atoms with Gasteiger partial charge >= 0.3 is 0 Å². The molecule has 3 heteroatoms. The minimum Gasteiger partial charge on any atom is -0.381 e. The molecule has 3 aliphatic carbocycles. The summed E-state index contributed by atoms with van der Waals surface area (Å²) in [5.74, 6) is 2.65. The lowest BCUT2D eigenvalue weighted by atomic mass is 9.86. The molecule has 2 saturated carbocycles. The summed E-state index contributed by atoms with van der Waals surface area (Å²) in [5.41, 5.74) is 0. The zero-order chi connectivity index (χ0) is 13.5. The molecule has 2 bridgehead atoms. The molecular formula is C17H27NO2. The van der Waals surface area contributed by atoms with E-state index in [1.54, 1.807) is 0 Å². The molecule has 3 fully saturated rings. The van der Waals surface area contributed by atoms with E-state index in [4.69, 9.17) is 9.47 Å². The SMILES string of the molecule is CO[C@@H]1CC[C@@H]2OCCN(C[C@H]3C[C@H]4C=C[C@H]3C4)[C@H]2C1. The van der Waals surface area contributed by atoms with Gasteiger partial charge in [0.15, 0.2) is 0 Å². The number of rotatable bonds is 3. The van der Waals surface area contributed by atoms with E-state index in [0.29, 0.717) is 18.2 Å². The number of hydrogen-bond acceptors (Lipinski definition) is 3. The van der Waals surface area contributed by atoms with E-state index in [0.717, 1.165) is 37.3 Å². The second-order valence-corrected chi connectivity index (χ2v) is 7.18. The molecule has 0 N–H and O–H groups in total. The first-order chi connectivity index (χ1) is 9.83. The number of ether oxygens (including phenoxy) is 2. The van der Waals surface area contributed by atoms with Crippen molar-refractivity contribution in [3.63, 3.8) is 0 Å². The minimum absolute atomic E-state index is 0.445. The molecule has 0 radical (unpaired) electrons. The van der Waals surface area contributed by atoms with E-state index >= 15 is 0 Å². The van der Waals surface area contributed by atoms with Gasteiger partial charge in [-0.25, -0.2) is 0 Å². The molecule has 1 aliphatic heterocycles. The van der Waals surface area contributed by atoms with Crippen LogP contribution in [0.3, 0.4) is 0 Å². The zero-order valence-electron chi connectivity index (χ0n) is 12.5. The fourth-order valence-corrected chi connectivity index (χ4v) is 4.99. The number of nitrogens with zero attached hydrogens (tertiary/aromatic N) is 1. The number of fused-ring (bicyclic) bond motifs is 3. The van der Waals surface area contributed by atoms with Crippen LogP contribution in [0.15, 0.2) is 12.2 Å². The van der Waals surface area contributed by atoms with Crippen LogP contribution in [0.4, 0.5) is 0 Å². The summed E-state index contributed by atoms with van der Waals surface area (Å²) in [7, 11) is 1.86. The van der Waals surface area contributed by atoms with Gasteiger partial charge in [0.05, 0.1) is 18.8 Å². The van der Waals surface area contributed by atoms with Crippen molar-refractivity contribution in [2.45, 2.75) is 50.4 Å². The Morgan fingerprint density at radius 3 is 2.90 bits per heavy atom. The Bertz CT molecular complexity index is 383. The summed E-state index contributed by atoms with van der Waals surface area (Å²) in [5, 5.41) is 0. The first-order valence-corrected chi connectivity index (χ1v) is 8.40. The lowest BCUT2D eigenvalue weighted by Gasteiger charge is -2.46. The predicted molar refractivity (Wildman–Crippen MR) is 78.6 cm³/mol. The minimum atomic E-state index is 0.445. The third-order valence-electron chi connectivity index (χ3n) is 6.10. The molecule has 0 aromatic carbocycles. The number of hydrogen-bond donors (Lipinski definition) is 0. The first kappa shape index (κ1) is 13.3. The molecule has 0 amide bonds. The molecule has 6 atom stereocenters. The quantitative estimate of drug-likeness (QED) is 0.740.